The molecule has 23 heavy (non-hydrogen) atoms. The van der Waals surface area contributed by atoms with Crippen LogP contribution in [0.5, 0.6) is 0 Å². The van der Waals surface area contributed by atoms with Crippen LogP contribution >= 0.6 is 0 Å². The standard InChI is InChI=1S/C18H19N3O2/c1-14-6-8-16(9-7-14)20-17(22)13-21(2)18(23)11-10-15-5-3-4-12-19-15/h3-12H,13H2,1-2H3,(H,20,22)/b11-10+. The number of pyridine rings is 1. The molecule has 0 spiro atoms. The highest BCUT2D eigenvalue weighted by atomic mass is 16.2. The predicted molar refractivity (Wildman–Crippen MR) is 90.7 cm³/mol. The molecule has 0 aliphatic carbocycles. The van der Waals surface area contributed by atoms with Crippen LogP contribution in [0.3, 0.4) is 0 Å². The van der Waals surface area contributed by atoms with E-state index in [9.17, 15) is 9.59 Å². The van der Waals surface area contributed by atoms with E-state index in [0.29, 0.717) is 11.4 Å². The Labute approximate surface area is 135 Å². The molecular formula is C18H19N3O2. The number of likely N-dealkylation sites (N-methyl/N-ethyl adjacent to an activating group) is 1. The monoisotopic (exact) mass is 309 g/mol. The molecule has 0 radical (unpaired) electrons. The van der Waals surface area contributed by atoms with Crippen LogP contribution in [0.1, 0.15) is 11.3 Å². The van der Waals surface area contributed by atoms with Crippen LogP contribution in [0.2, 0.25) is 0 Å². The normalized spacial score (nSPS) is 10.5. The molecule has 1 heterocycles. The number of carbonyl (C=O) groups is 2. The quantitative estimate of drug-likeness (QED) is 0.863. The van der Waals surface area contributed by atoms with Crippen LogP contribution in [-0.2, 0) is 9.59 Å². The molecular weight excluding hydrogens is 290 g/mol. The van der Waals surface area contributed by atoms with Crippen molar-refractivity contribution in [1.82, 2.24) is 9.88 Å². The SMILES string of the molecule is Cc1ccc(NC(=O)CN(C)C(=O)/C=C/c2ccccn2)cc1. The smallest absolute Gasteiger partial charge is 0.246 e. The van der Waals surface area contributed by atoms with Crippen molar-refractivity contribution in [3.8, 4) is 0 Å². The van der Waals surface area contributed by atoms with Gasteiger partial charge in [0.1, 0.15) is 0 Å². The topological polar surface area (TPSA) is 62.3 Å². The molecule has 0 atom stereocenters. The Bertz CT molecular complexity index is 694. The lowest BCUT2D eigenvalue weighted by Crippen LogP contribution is -2.33. The molecule has 0 saturated carbocycles. The van der Waals surface area contributed by atoms with E-state index in [0.717, 1.165) is 5.56 Å². The zero-order valence-electron chi connectivity index (χ0n) is 13.2. The maximum absolute atomic E-state index is 12.0. The highest BCUT2D eigenvalue weighted by molar-refractivity contribution is 5.97. The third-order valence-corrected chi connectivity index (χ3v) is 3.18. The Balaban J connectivity index is 1.86. The van der Waals surface area contributed by atoms with E-state index in [4.69, 9.17) is 0 Å². The maximum atomic E-state index is 12.0. The Kier molecular flexibility index (Phi) is 5.63. The van der Waals surface area contributed by atoms with Gasteiger partial charge >= 0.3 is 0 Å². The van der Waals surface area contributed by atoms with Gasteiger partial charge in [-0.15, -0.1) is 0 Å². The summed E-state index contributed by atoms with van der Waals surface area (Å²) in [6.45, 7) is 1.96. The minimum Gasteiger partial charge on any atom is -0.333 e. The lowest BCUT2D eigenvalue weighted by atomic mass is 10.2. The van der Waals surface area contributed by atoms with Crippen LogP contribution < -0.4 is 5.32 Å². The average Bonchev–Trinajstić information content (AvgIpc) is 2.55. The van der Waals surface area contributed by atoms with E-state index < -0.39 is 0 Å². The van der Waals surface area contributed by atoms with Crippen molar-refractivity contribution in [2.24, 2.45) is 0 Å². The summed E-state index contributed by atoms with van der Waals surface area (Å²) in [7, 11) is 1.58. The number of rotatable bonds is 5. The molecule has 0 saturated heterocycles. The first-order valence-electron chi connectivity index (χ1n) is 7.25. The number of aryl methyl sites for hydroxylation is 1. The first-order chi connectivity index (χ1) is 11.0. The van der Waals surface area contributed by atoms with Crippen molar-refractivity contribution in [1.29, 1.82) is 0 Å². The number of nitrogens with zero attached hydrogens (tertiary/aromatic N) is 2. The van der Waals surface area contributed by atoms with E-state index in [1.54, 1.807) is 31.5 Å². The van der Waals surface area contributed by atoms with E-state index >= 15 is 0 Å². The fourth-order valence-corrected chi connectivity index (χ4v) is 1.89. The lowest BCUT2D eigenvalue weighted by molar-refractivity contribution is -0.129. The third-order valence-electron chi connectivity index (χ3n) is 3.18. The molecule has 2 rings (SSSR count). The summed E-state index contributed by atoms with van der Waals surface area (Å²) in [6, 6.07) is 12.9. The van der Waals surface area contributed by atoms with Crippen LogP contribution in [0.15, 0.2) is 54.7 Å². The van der Waals surface area contributed by atoms with Crippen molar-refractivity contribution in [3.05, 3.63) is 66.0 Å². The summed E-state index contributed by atoms with van der Waals surface area (Å²) in [6.07, 6.45) is 4.68. The number of nitrogens with one attached hydrogen (secondary N) is 1. The summed E-state index contributed by atoms with van der Waals surface area (Å²) >= 11 is 0. The largest absolute Gasteiger partial charge is 0.333 e. The number of carbonyl (C=O) groups excluding carboxylic acids is 2. The van der Waals surface area contributed by atoms with Crippen molar-refractivity contribution in [3.63, 3.8) is 0 Å². The van der Waals surface area contributed by atoms with Gasteiger partial charge in [0, 0.05) is 25.0 Å². The predicted octanol–water partition coefficient (Wildman–Crippen LogP) is 2.50. The molecule has 2 aromatic rings. The van der Waals surface area contributed by atoms with Crippen molar-refractivity contribution in [2.45, 2.75) is 6.92 Å². The van der Waals surface area contributed by atoms with Gasteiger partial charge in [0.05, 0.1) is 12.2 Å². The van der Waals surface area contributed by atoms with Crippen molar-refractivity contribution in [2.75, 3.05) is 18.9 Å². The summed E-state index contributed by atoms with van der Waals surface area (Å²) in [4.78, 5) is 29.4. The zero-order chi connectivity index (χ0) is 16.7. The molecule has 0 aliphatic heterocycles. The fraction of sp³-hybridized carbons (Fsp3) is 0.167. The Morgan fingerprint density at radius 1 is 1.17 bits per heavy atom. The van der Waals surface area contributed by atoms with Crippen LogP contribution in [-0.4, -0.2) is 35.3 Å². The molecule has 118 valence electrons. The molecule has 1 aromatic heterocycles. The molecule has 1 aromatic carbocycles. The molecule has 0 bridgehead atoms. The molecule has 5 nitrogen and oxygen atoms in total. The fourth-order valence-electron chi connectivity index (χ4n) is 1.89. The zero-order valence-corrected chi connectivity index (χ0v) is 13.2. The number of hydrogen-bond donors (Lipinski definition) is 1. The third kappa shape index (κ3) is 5.39. The van der Waals surface area contributed by atoms with Gasteiger partial charge < -0.3 is 10.2 Å². The number of hydrogen-bond acceptors (Lipinski definition) is 3. The number of aromatic nitrogens is 1. The van der Waals surface area contributed by atoms with Gasteiger partial charge in [-0.1, -0.05) is 23.8 Å². The van der Waals surface area contributed by atoms with Gasteiger partial charge in [-0.25, -0.2) is 0 Å². The summed E-state index contributed by atoms with van der Waals surface area (Å²) < 4.78 is 0. The summed E-state index contributed by atoms with van der Waals surface area (Å²) in [5.41, 5.74) is 2.53. The van der Waals surface area contributed by atoms with Crippen molar-refractivity contribution < 1.29 is 9.59 Å². The molecule has 0 unspecified atom stereocenters. The number of amides is 2. The van der Waals surface area contributed by atoms with Gasteiger partial charge in [0.2, 0.25) is 11.8 Å². The van der Waals surface area contributed by atoms with E-state index in [1.165, 1.54) is 11.0 Å². The molecule has 0 aliphatic rings. The second-order valence-electron chi connectivity index (χ2n) is 5.20. The second-order valence-corrected chi connectivity index (χ2v) is 5.20. The first-order valence-corrected chi connectivity index (χ1v) is 7.25. The van der Waals surface area contributed by atoms with Gasteiger partial charge in [0.15, 0.2) is 0 Å². The summed E-state index contributed by atoms with van der Waals surface area (Å²) in [5, 5.41) is 2.76. The minimum atomic E-state index is -0.255. The van der Waals surface area contributed by atoms with Gasteiger partial charge in [-0.05, 0) is 37.3 Å². The van der Waals surface area contributed by atoms with Crippen LogP contribution in [0, 0.1) is 6.92 Å². The number of anilines is 1. The van der Waals surface area contributed by atoms with Crippen LogP contribution in [0.4, 0.5) is 5.69 Å². The highest BCUT2D eigenvalue weighted by Gasteiger charge is 2.10. The van der Waals surface area contributed by atoms with E-state index in [1.807, 2.05) is 37.3 Å². The lowest BCUT2D eigenvalue weighted by Gasteiger charge is -2.14. The van der Waals surface area contributed by atoms with E-state index in [-0.39, 0.29) is 18.4 Å². The van der Waals surface area contributed by atoms with Crippen molar-refractivity contribution >= 4 is 23.6 Å². The minimum absolute atomic E-state index is 0.0146. The second kappa shape index (κ2) is 7.89. The average molecular weight is 309 g/mol. The van der Waals surface area contributed by atoms with Crippen LogP contribution in [0.25, 0.3) is 6.08 Å². The van der Waals surface area contributed by atoms with Gasteiger partial charge in [-0.2, -0.15) is 0 Å². The first kappa shape index (κ1) is 16.4. The molecule has 5 heteroatoms. The van der Waals surface area contributed by atoms with Gasteiger partial charge in [-0.3, -0.25) is 14.6 Å². The molecule has 2 amide bonds. The Morgan fingerprint density at radius 2 is 1.91 bits per heavy atom. The highest BCUT2D eigenvalue weighted by Crippen LogP contribution is 2.08. The molecule has 1 N–H and O–H groups in total. The molecule has 0 fully saturated rings. The Morgan fingerprint density at radius 3 is 2.57 bits per heavy atom. The number of benzene rings is 1. The Hall–Kier alpha value is -2.95. The maximum Gasteiger partial charge on any atom is 0.246 e. The summed E-state index contributed by atoms with van der Waals surface area (Å²) in [5.74, 6) is -0.495. The van der Waals surface area contributed by atoms with E-state index in [2.05, 4.69) is 10.3 Å². The van der Waals surface area contributed by atoms with Gasteiger partial charge in [0.25, 0.3) is 0 Å².